The van der Waals surface area contributed by atoms with Gasteiger partial charge in [0.1, 0.15) is 0 Å². The first-order chi connectivity index (χ1) is 27.0. The van der Waals surface area contributed by atoms with Gasteiger partial charge in [0.05, 0.1) is 0 Å². The number of nitrogens with two attached hydrogens (primary N) is 3. The second-order valence-corrected chi connectivity index (χ2v) is 23.7. The van der Waals surface area contributed by atoms with Crippen LogP contribution in [0.3, 0.4) is 0 Å². The summed E-state index contributed by atoms with van der Waals surface area (Å²) in [7, 11) is 5.18. The highest BCUT2D eigenvalue weighted by atomic mass is 28.4. The fourth-order valence-electron chi connectivity index (χ4n) is 5.06. The number of hydrogen-bond donors (Lipinski definition) is 5. The minimum Gasteiger partial charge on any atom is -0.385 e. The normalized spacial score (nSPS) is 11.8. The quantitative estimate of drug-likeness (QED) is 0.0515. The highest BCUT2D eigenvalue weighted by molar-refractivity contribution is 6.61. The highest BCUT2D eigenvalue weighted by Gasteiger charge is 2.40. The van der Waals surface area contributed by atoms with Gasteiger partial charge in [-0.15, -0.1) is 0 Å². The van der Waals surface area contributed by atoms with Gasteiger partial charge in [0, 0.05) is 133 Å². The molecule has 1 rings (SSSR count). The van der Waals surface area contributed by atoms with Gasteiger partial charge in [-0.25, -0.2) is 0 Å². The molecule has 0 bridgehead atoms. The number of anilines is 1. The molecule has 0 aliphatic heterocycles. The van der Waals surface area contributed by atoms with Crippen LogP contribution in [0.4, 0.5) is 5.69 Å². The first-order valence-corrected chi connectivity index (χ1v) is 27.2. The van der Waals surface area contributed by atoms with Crippen molar-refractivity contribution in [3.8, 4) is 0 Å². The van der Waals surface area contributed by atoms with Crippen LogP contribution in [0.2, 0.25) is 24.2 Å². The Morgan fingerprint density at radius 3 is 1.09 bits per heavy atom. The van der Waals surface area contributed by atoms with Crippen LogP contribution in [-0.2, 0) is 53.1 Å². The summed E-state index contributed by atoms with van der Waals surface area (Å²) in [6.07, 6.45) is 3.70. The third-order valence-electron chi connectivity index (χ3n) is 8.19. The second-order valence-electron chi connectivity index (χ2n) is 11.7. The van der Waals surface area contributed by atoms with Crippen molar-refractivity contribution >= 4 is 40.9 Å². The van der Waals surface area contributed by atoms with Crippen LogP contribution in [0, 0.1) is 0 Å². The first-order valence-electron chi connectivity index (χ1n) is 19.5. The van der Waals surface area contributed by atoms with E-state index in [0.29, 0.717) is 39.5 Å². The summed E-state index contributed by atoms with van der Waals surface area (Å²) in [5, 5.41) is 6.56. The zero-order valence-electron chi connectivity index (χ0n) is 37.0. The first kappa shape index (κ1) is 59.6. The lowest BCUT2D eigenvalue weighted by molar-refractivity contribution is 0.0709. The van der Waals surface area contributed by atoms with Gasteiger partial charge in [0.15, 0.2) is 0 Å². The van der Waals surface area contributed by atoms with E-state index >= 15 is 0 Å². The average Bonchev–Trinajstić information content (AvgIpc) is 3.24. The molecule has 17 nitrogen and oxygen atoms in total. The Balaban J connectivity index is -0.000000677. The largest absolute Gasteiger partial charge is 0.500 e. The Morgan fingerprint density at radius 2 is 0.768 bits per heavy atom. The Hall–Kier alpha value is -0.752. The predicted octanol–water partition coefficient (Wildman–Crippen LogP) is 3.77. The Labute approximate surface area is 345 Å². The van der Waals surface area contributed by atoms with Crippen molar-refractivity contribution in [2.45, 2.75) is 70.6 Å². The summed E-state index contributed by atoms with van der Waals surface area (Å²) >= 11 is 0. The van der Waals surface area contributed by atoms with Gasteiger partial charge in [-0.1, -0.05) is 18.2 Å². The van der Waals surface area contributed by atoms with Gasteiger partial charge in [-0.05, 0) is 78.2 Å². The van der Waals surface area contributed by atoms with E-state index in [0.717, 1.165) is 75.2 Å². The number of benzene rings is 1. The molecule has 0 atom stereocenters. The number of hydrogen-bond acceptors (Lipinski definition) is 17. The summed E-state index contributed by atoms with van der Waals surface area (Å²) in [5.41, 5.74) is 17.3. The standard InChI is InChI=1S/C12H21NO3Si.C9H23NO3Si.C8H22N2O3Si.C6H17NO3Si/c1-14-17(15-2,16-3)11-7-10-13-12-8-5-4-6-9-12;1-4-11-14(12-5-2,13-6-3)9-7-8-10;1-11-14(12-2,13-3)8-4-6-10-7-5-9;1-8-11(9-2,10-3)6-4-5-7/h4-6,8-9,13H,7,10-11H2,1-3H3;4-10H2,1-3H3;10H,4-9H2,1-3H3;4-7H2,1-3H3. The van der Waals surface area contributed by atoms with Gasteiger partial charge >= 0.3 is 35.2 Å². The smallest absolute Gasteiger partial charge is 0.385 e. The number of nitrogens with one attached hydrogen (secondary N) is 2. The molecule has 0 radical (unpaired) electrons. The Morgan fingerprint density at radius 1 is 0.429 bits per heavy atom. The van der Waals surface area contributed by atoms with E-state index < -0.39 is 35.2 Å². The van der Waals surface area contributed by atoms with Gasteiger partial charge in [0.2, 0.25) is 0 Å². The van der Waals surface area contributed by atoms with Gasteiger partial charge in [0.25, 0.3) is 0 Å². The van der Waals surface area contributed by atoms with Crippen LogP contribution >= 0.6 is 0 Å². The predicted molar refractivity (Wildman–Crippen MR) is 234 cm³/mol. The maximum atomic E-state index is 5.65. The van der Waals surface area contributed by atoms with E-state index in [1.54, 1.807) is 64.0 Å². The van der Waals surface area contributed by atoms with Gasteiger partial charge < -0.3 is 80.9 Å². The summed E-state index contributed by atoms with van der Waals surface area (Å²) < 4.78 is 64.4. The van der Waals surface area contributed by atoms with E-state index in [2.05, 4.69) is 10.6 Å². The Kier molecular flexibility index (Phi) is 42.2. The maximum Gasteiger partial charge on any atom is 0.500 e. The molecule has 0 fully saturated rings. The van der Waals surface area contributed by atoms with Crippen molar-refractivity contribution in [2.24, 2.45) is 17.2 Å². The van der Waals surface area contributed by atoms with Crippen LogP contribution in [0.5, 0.6) is 0 Å². The molecule has 1 aromatic carbocycles. The molecule has 336 valence electrons. The van der Waals surface area contributed by atoms with Crippen molar-refractivity contribution in [2.75, 3.05) is 128 Å². The molecule has 0 heterocycles. The van der Waals surface area contributed by atoms with Crippen molar-refractivity contribution in [3.05, 3.63) is 30.3 Å². The van der Waals surface area contributed by atoms with E-state index in [4.69, 9.17) is 70.3 Å². The Bertz CT molecular complexity index is 908. The molecule has 21 heteroatoms. The lowest BCUT2D eigenvalue weighted by Crippen LogP contribution is -2.46. The molecule has 0 saturated carbocycles. The van der Waals surface area contributed by atoms with E-state index in [1.807, 2.05) is 51.1 Å². The summed E-state index contributed by atoms with van der Waals surface area (Å²) in [4.78, 5) is 0. The lowest BCUT2D eigenvalue weighted by Gasteiger charge is -2.28. The van der Waals surface area contributed by atoms with Crippen molar-refractivity contribution in [1.29, 1.82) is 0 Å². The van der Waals surface area contributed by atoms with Gasteiger partial charge in [-0.3, -0.25) is 0 Å². The zero-order valence-corrected chi connectivity index (χ0v) is 41.0. The molecule has 0 aliphatic rings. The molecular weight excluding hydrogens is 795 g/mol. The molecule has 0 aliphatic carbocycles. The van der Waals surface area contributed by atoms with Crippen molar-refractivity contribution in [1.82, 2.24) is 5.32 Å². The molecule has 0 amide bonds. The molecule has 56 heavy (non-hydrogen) atoms. The average molecular weight is 878 g/mol. The van der Waals surface area contributed by atoms with Gasteiger partial charge in [-0.2, -0.15) is 0 Å². The summed E-state index contributed by atoms with van der Waals surface area (Å²) in [5.74, 6) is 0. The third-order valence-corrected chi connectivity index (χ3v) is 19.8. The molecule has 0 spiro atoms. The van der Waals surface area contributed by atoms with Crippen molar-refractivity contribution < 1.29 is 53.1 Å². The maximum absolute atomic E-state index is 5.65. The summed E-state index contributed by atoms with van der Waals surface area (Å²) in [6.45, 7) is 12.4. The monoisotopic (exact) mass is 878 g/mol. The molecule has 0 aromatic heterocycles. The summed E-state index contributed by atoms with van der Waals surface area (Å²) in [6, 6.07) is 13.4. The number of para-hydroxylation sites is 1. The van der Waals surface area contributed by atoms with Crippen LogP contribution in [0.15, 0.2) is 30.3 Å². The second kappa shape index (κ2) is 39.7. The lowest BCUT2D eigenvalue weighted by atomic mass is 10.3. The SMILES string of the molecule is CCO[Si](CCCN)(OCC)OCC.CO[Si](CCCN)(OC)OC.CO[Si](CCCNCCN)(OC)OC.CO[Si](CCCNc1ccccc1)(OC)OC. The molecule has 8 N–H and O–H groups in total. The van der Waals surface area contributed by atoms with Crippen LogP contribution in [-0.4, -0.2) is 158 Å². The van der Waals surface area contributed by atoms with E-state index in [9.17, 15) is 0 Å². The molecule has 1 aromatic rings. The van der Waals surface area contributed by atoms with Crippen molar-refractivity contribution in [3.63, 3.8) is 0 Å². The minimum absolute atomic E-state index is 0.636. The fourth-order valence-corrected chi connectivity index (χ4v) is 12.9. The topological polar surface area (TPSA) is 213 Å². The molecule has 0 unspecified atom stereocenters. The van der Waals surface area contributed by atoms with E-state index in [-0.39, 0.29) is 0 Å². The highest BCUT2D eigenvalue weighted by Crippen LogP contribution is 2.18. The van der Waals surface area contributed by atoms with Crippen LogP contribution < -0.4 is 27.8 Å². The number of rotatable bonds is 32. The van der Waals surface area contributed by atoms with Crippen LogP contribution in [0.25, 0.3) is 0 Å². The molecular formula is C35H83N5O12Si4. The minimum atomic E-state index is -2.40. The fraction of sp³-hybridized carbons (Fsp3) is 0.829. The third kappa shape index (κ3) is 27.8. The molecule has 0 saturated heterocycles. The zero-order chi connectivity index (χ0) is 43.0. The van der Waals surface area contributed by atoms with Crippen LogP contribution in [0.1, 0.15) is 46.5 Å². The van der Waals surface area contributed by atoms with E-state index in [1.165, 1.54) is 0 Å².